The Morgan fingerprint density at radius 1 is 1.19 bits per heavy atom. The summed E-state index contributed by atoms with van der Waals surface area (Å²) in [5.41, 5.74) is 0. The van der Waals surface area contributed by atoms with Gasteiger partial charge in [-0.15, -0.1) is 0 Å². The molecule has 0 radical (unpaired) electrons. The minimum Gasteiger partial charge on any atom is -0.464 e. The normalized spacial score (nSPS) is 12.0. The van der Waals surface area contributed by atoms with Crippen LogP contribution in [0.25, 0.3) is 0 Å². The lowest BCUT2D eigenvalue weighted by molar-refractivity contribution is 0.443. The highest BCUT2D eigenvalue weighted by atomic mass is 32.2. The van der Waals surface area contributed by atoms with Gasteiger partial charge < -0.3 is 9.73 Å². The smallest absolute Gasteiger partial charge is 0.185 e. The van der Waals surface area contributed by atoms with E-state index >= 15 is 0 Å². The van der Waals surface area contributed by atoms with Crippen LogP contribution in [0.2, 0.25) is 0 Å². The van der Waals surface area contributed by atoms with Crippen molar-refractivity contribution in [3.05, 3.63) is 53.7 Å². The molecule has 1 N–H and O–H groups in total. The van der Waals surface area contributed by atoms with Crippen LogP contribution in [-0.2, 0) is 22.1 Å². The predicted octanol–water partition coefficient (Wildman–Crippen LogP) is 2.89. The lowest BCUT2D eigenvalue weighted by Crippen LogP contribution is -2.21. The van der Waals surface area contributed by atoms with Crippen LogP contribution in [-0.4, -0.2) is 14.5 Å². The quantitative estimate of drug-likeness (QED) is 0.891. The van der Waals surface area contributed by atoms with Crippen LogP contribution in [0.3, 0.4) is 0 Å². The van der Waals surface area contributed by atoms with Gasteiger partial charge in [-0.3, -0.25) is 0 Å². The highest BCUT2D eigenvalue weighted by molar-refractivity contribution is 7.90. The highest BCUT2D eigenvalue weighted by Gasteiger charge is 2.18. The van der Waals surface area contributed by atoms with Crippen LogP contribution in [0.4, 0.5) is 4.39 Å². The molecule has 1 aromatic heterocycles. The molecule has 0 aliphatic rings. The van der Waals surface area contributed by atoms with E-state index in [2.05, 4.69) is 5.32 Å². The Labute approximate surface area is 123 Å². The molecule has 21 heavy (non-hydrogen) atoms. The lowest BCUT2D eigenvalue weighted by atomic mass is 10.3. The first-order valence-corrected chi connectivity index (χ1v) is 8.31. The van der Waals surface area contributed by atoms with E-state index < -0.39 is 15.7 Å². The average Bonchev–Trinajstić information content (AvgIpc) is 2.83. The van der Waals surface area contributed by atoms with E-state index in [0.29, 0.717) is 24.1 Å². The van der Waals surface area contributed by atoms with Crippen LogP contribution in [0, 0.1) is 5.82 Å². The zero-order valence-electron chi connectivity index (χ0n) is 12.0. The van der Waals surface area contributed by atoms with E-state index in [1.807, 2.05) is 13.8 Å². The number of halogens is 1. The Morgan fingerprint density at radius 2 is 1.90 bits per heavy atom. The van der Waals surface area contributed by atoms with Crippen LogP contribution >= 0.6 is 0 Å². The van der Waals surface area contributed by atoms with Gasteiger partial charge in [0.1, 0.15) is 23.1 Å². The number of hydrogen-bond donors (Lipinski definition) is 1. The molecule has 2 rings (SSSR count). The first-order valence-electron chi connectivity index (χ1n) is 6.66. The minimum absolute atomic E-state index is 0.0410. The molecule has 0 saturated carbocycles. The number of sulfone groups is 1. The molecule has 114 valence electrons. The van der Waals surface area contributed by atoms with Crippen molar-refractivity contribution < 1.29 is 17.2 Å². The molecule has 0 aliphatic heterocycles. The van der Waals surface area contributed by atoms with Crippen molar-refractivity contribution in [2.75, 3.05) is 0 Å². The van der Waals surface area contributed by atoms with E-state index in [1.165, 1.54) is 18.2 Å². The second kappa shape index (κ2) is 6.41. The second-order valence-electron chi connectivity index (χ2n) is 5.12. The minimum atomic E-state index is -3.61. The summed E-state index contributed by atoms with van der Waals surface area (Å²) in [4.78, 5) is -0.0410. The van der Waals surface area contributed by atoms with Gasteiger partial charge in [-0.05, 0) is 30.3 Å². The van der Waals surface area contributed by atoms with Crippen molar-refractivity contribution >= 4 is 9.84 Å². The lowest BCUT2D eigenvalue weighted by Gasteiger charge is -2.05. The fraction of sp³-hybridized carbons (Fsp3) is 0.333. The number of furan rings is 1. The summed E-state index contributed by atoms with van der Waals surface area (Å²) in [6.07, 6.45) is 0. The van der Waals surface area contributed by atoms with Gasteiger partial charge in [0.15, 0.2) is 9.84 Å². The summed E-state index contributed by atoms with van der Waals surface area (Å²) in [5.74, 6) is 0.170. The summed E-state index contributed by atoms with van der Waals surface area (Å²) >= 11 is 0. The maximum Gasteiger partial charge on any atom is 0.185 e. The van der Waals surface area contributed by atoms with Crippen LogP contribution < -0.4 is 5.32 Å². The molecule has 0 atom stereocenters. The van der Waals surface area contributed by atoms with Gasteiger partial charge in [0.2, 0.25) is 0 Å². The summed E-state index contributed by atoms with van der Waals surface area (Å²) in [5, 5.41) is 3.18. The van der Waals surface area contributed by atoms with Crippen LogP contribution in [0.5, 0.6) is 0 Å². The van der Waals surface area contributed by atoms with Crippen molar-refractivity contribution in [1.29, 1.82) is 0 Å². The molecular weight excluding hydrogens is 293 g/mol. The number of rotatable bonds is 6. The zero-order chi connectivity index (χ0) is 15.5. The third kappa shape index (κ3) is 4.41. The molecule has 0 fully saturated rings. The maximum absolute atomic E-state index is 13.1. The second-order valence-corrected chi connectivity index (χ2v) is 7.11. The van der Waals surface area contributed by atoms with Gasteiger partial charge in [0.05, 0.1) is 11.4 Å². The summed E-state index contributed by atoms with van der Waals surface area (Å²) in [7, 11) is -3.61. The molecule has 0 unspecified atom stereocenters. The van der Waals surface area contributed by atoms with Gasteiger partial charge in [-0.2, -0.15) is 0 Å². The first-order chi connectivity index (χ1) is 9.87. The Bertz CT molecular complexity index is 707. The monoisotopic (exact) mass is 311 g/mol. The fourth-order valence-corrected chi connectivity index (χ4v) is 3.11. The van der Waals surface area contributed by atoms with Crippen LogP contribution in [0.15, 0.2) is 45.7 Å². The van der Waals surface area contributed by atoms with E-state index in [-0.39, 0.29) is 10.6 Å². The van der Waals surface area contributed by atoms with Gasteiger partial charge in [0.25, 0.3) is 0 Å². The van der Waals surface area contributed by atoms with Crippen molar-refractivity contribution in [1.82, 2.24) is 5.32 Å². The molecule has 0 aliphatic carbocycles. The summed E-state index contributed by atoms with van der Waals surface area (Å²) in [6.45, 7) is 4.56. The fourth-order valence-electron chi connectivity index (χ4n) is 1.83. The third-order valence-corrected chi connectivity index (χ3v) is 4.53. The number of nitrogens with one attached hydrogen (secondary N) is 1. The topological polar surface area (TPSA) is 59.3 Å². The highest BCUT2D eigenvalue weighted by Crippen LogP contribution is 2.19. The van der Waals surface area contributed by atoms with Gasteiger partial charge >= 0.3 is 0 Å². The SMILES string of the molecule is CC(C)NCc1ccc(CS(=O)(=O)c2cccc(F)c2)o1. The molecule has 4 nitrogen and oxygen atoms in total. The van der Waals surface area contributed by atoms with Gasteiger partial charge in [-0.1, -0.05) is 19.9 Å². The Morgan fingerprint density at radius 3 is 2.57 bits per heavy atom. The molecular formula is C15H18FNO3S. The van der Waals surface area contributed by atoms with Crippen molar-refractivity contribution in [2.24, 2.45) is 0 Å². The van der Waals surface area contributed by atoms with Crippen LogP contribution in [0.1, 0.15) is 25.4 Å². The third-order valence-electron chi connectivity index (χ3n) is 2.89. The zero-order valence-corrected chi connectivity index (χ0v) is 12.8. The Balaban J connectivity index is 2.10. The molecule has 1 aromatic carbocycles. The molecule has 0 saturated heterocycles. The molecule has 2 aromatic rings. The molecule has 6 heteroatoms. The van der Waals surface area contributed by atoms with Crippen molar-refractivity contribution in [3.8, 4) is 0 Å². The Kier molecular flexibility index (Phi) is 4.80. The standard InChI is InChI=1S/C15H18FNO3S/c1-11(2)17-9-13-6-7-14(20-13)10-21(18,19)15-5-3-4-12(16)8-15/h3-8,11,17H,9-10H2,1-2H3. The van der Waals surface area contributed by atoms with E-state index in [0.717, 1.165) is 6.07 Å². The van der Waals surface area contributed by atoms with E-state index in [4.69, 9.17) is 4.42 Å². The largest absolute Gasteiger partial charge is 0.464 e. The first kappa shape index (κ1) is 15.7. The Hall–Kier alpha value is -1.66. The summed E-state index contributed by atoms with van der Waals surface area (Å²) in [6, 6.07) is 8.67. The molecule has 0 amide bonds. The molecule has 0 spiro atoms. The maximum atomic E-state index is 13.1. The average molecular weight is 311 g/mol. The van der Waals surface area contributed by atoms with Crippen molar-refractivity contribution in [2.45, 2.75) is 37.1 Å². The number of benzene rings is 1. The molecule has 1 heterocycles. The molecule has 0 bridgehead atoms. The van der Waals surface area contributed by atoms with Gasteiger partial charge in [0, 0.05) is 6.04 Å². The van der Waals surface area contributed by atoms with E-state index in [9.17, 15) is 12.8 Å². The predicted molar refractivity (Wildman–Crippen MR) is 78.0 cm³/mol. The van der Waals surface area contributed by atoms with Crippen molar-refractivity contribution in [3.63, 3.8) is 0 Å². The number of hydrogen-bond acceptors (Lipinski definition) is 4. The van der Waals surface area contributed by atoms with Gasteiger partial charge in [-0.25, -0.2) is 12.8 Å². The summed E-state index contributed by atoms with van der Waals surface area (Å²) < 4.78 is 43.0. The van der Waals surface area contributed by atoms with E-state index in [1.54, 1.807) is 12.1 Å².